The summed E-state index contributed by atoms with van der Waals surface area (Å²) in [6, 6.07) is 4.63. The van der Waals surface area contributed by atoms with Crippen LogP contribution in [-0.4, -0.2) is 30.3 Å². The summed E-state index contributed by atoms with van der Waals surface area (Å²) in [5.41, 5.74) is -3.00. The number of hydrogen-bond acceptors (Lipinski definition) is 3. The normalized spacial score (nSPS) is 16.4. The second kappa shape index (κ2) is 6.01. The summed E-state index contributed by atoms with van der Waals surface area (Å²) in [4.78, 5) is 10.6. The summed E-state index contributed by atoms with van der Waals surface area (Å²) in [5.74, 6) is -0.544. The minimum absolute atomic E-state index is 0.233. The number of carbonyl (C=O) groups excluding carboxylic acids is 1. The van der Waals surface area contributed by atoms with Gasteiger partial charge in [-0.1, -0.05) is 30.7 Å². The number of rotatable bonds is 5. The summed E-state index contributed by atoms with van der Waals surface area (Å²) in [6.45, 7) is 1.45. The number of hydrogen-bond donors (Lipinski definition) is 1. The molecule has 3 nitrogen and oxygen atoms in total. The SMILES string of the molecule is COc1c(Cl)cccc1C(C)CC(O)(C=O)C(F)(F)F. The van der Waals surface area contributed by atoms with Gasteiger partial charge in [0, 0.05) is 0 Å². The molecule has 0 fully saturated rings. The lowest BCUT2D eigenvalue weighted by Gasteiger charge is -2.28. The Bertz CT molecular complexity index is 490. The van der Waals surface area contributed by atoms with Crippen molar-refractivity contribution in [2.24, 2.45) is 0 Å². The van der Waals surface area contributed by atoms with Gasteiger partial charge >= 0.3 is 6.18 Å². The topological polar surface area (TPSA) is 46.5 Å². The molecule has 2 atom stereocenters. The highest BCUT2D eigenvalue weighted by molar-refractivity contribution is 6.32. The fourth-order valence-electron chi connectivity index (χ4n) is 1.94. The molecule has 2 unspecified atom stereocenters. The number of halogens is 4. The zero-order valence-electron chi connectivity index (χ0n) is 10.9. The molecule has 1 aromatic rings. The van der Waals surface area contributed by atoms with E-state index in [4.69, 9.17) is 16.3 Å². The van der Waals surface area contributed by atoms with E-state index in [1.165, 1.54) is 26.2 Å². The maximum absolute atomic E-state index is 12.7. The molecule has 0 amide bonds. The number of alkyl halides is 3. The number of aliphatic hydroxyl groups is 1. The molecule has 7 heteroatoms. The van der Waals surface area contributed by atoms with E-state index < -0.39 is 30.4 Å². The van der Waals surface area contributed by atoms with Gasteiger partial charge in [-0.05, 0) is 24.0 Å². The Balaban J connectivity index is 3.11. The minimum atomic E-state index is -5.03. The van der Waals surface area contributed by atoms with Crippen molar-refractivity contribution in [1.82, 2.24) is 0 Å². The van der Waals surface area contributed by atoms with Crippen molar-refractivity contribution < 1.29 is 27.8 Å². The molecule has 112 valence electrons. The zero-order chi connectivity index (χ0) is 15.6. The Morgan fingerprint density at radius 2 is 2.05 bits per heavy atom. The van der Waals surface area contributed by atoms with Gasteiger partial charge in [-0.25, -0.2) is 0 Å². The summed E-state index contributed by atoms with van der Waals surface area (Å²) in [7, 11) is 1.34. The molecule has 1 aromatic carbocycles. The first kappa shape index (κ1) is 16.8. The predicted molar refractivity (Wildman–Crippen MR) is 68.1 cm³/mol. The molecule has 0 radical (unpaired) electrons. The van der Waals surface area contributed by atoms with Crippen LogP contribution in [0, 0.1) is 0 Å². The Morgan fingerprint density at radius 3 is 2.50 bits per heavy atom. The summed E-state index contributed by atoms with van der Waals surface area (Å²) in [6.07, 6.45) is -6.33. The number of para-hydroxylation sites is 1. The molecule has 0 bridgehead atoms. The molecule has 0 aliphatic carbocycles. The third-order valence-electron chi connectivity index (χ3n) is 3.04. The van der Waals surface area contributed by atoms with Gasteiger partial charge in [0.25, 0.3) is 0 Å². The summed E-state index contributed by atoms with van der Waals surface area (Å²) < 4.78 is 43.2. The van der Waals surface area contributed by atoms with Crippen LogP contribution in [0.2, 0.25) is 5.02 Å². The van der Waals surface area contributed by atoms with Gasteiger partial charge in [-0.3, -0.25) is 4.79 Å². The molecule has 0 aliphatic heterocycles. The highest BCUT2D eigenvalue weighted by Crippen LogP contribution is 2.40. The number of carbonyl (C=O) groups is 1. The van der Waals surface area contributed by atoms with Gasteiger partial charge in [0.1, 0.15) is 5.75 Å². The van der Waals surface area contributed by atoms with E-state index in [0.717, 1.165) is 0 Å². The Morgan fingerprint density at radius 1 is 1.45 bits per heavy atom. The van der Waals surface area contributed by atoms with Crippen LogP contribution in [0.15, 0.2) is 18.2 Å². The maximum atomic E-state index is 12.7. The Hall–Kier alpha value is -1.27. The molecule has 0 spiro atoms. The second-order valence-electron chi connectivity index (χ2n) is 4.51. The molecule has 0 saturated heterocycles. The lowest BCUT2D eigenvalue weighted by atomic mass is 9.87. The fourth-order valence-corrected chi connectivity index (χ4v) is 2.20. The van der Waals surface area contributed by atoms with Gasteiger partial charge in [-0.15, -0.1) is 0 Å². The molecule has 0 aliphatic rings. The van der Waals surface area contributed by atoms with Crippen molar-refractivity contribution >= 4 is 17.9 Å². The molecule has 20 heavy (non-hydrogen) atoms. The highest BCUT2D eigenvalue weighted by Gasteiger charge is 2.54. The van der Waals surface area contributed by atoms with Gasteiger partial charge in [0.2, 0.25) is 5.60 Å². The number of ether oxygens (including phenoxy) is 1. The molecular formula is C13H14ClF3O3. The lowest BCUT2D eigenvalue weighted by Crippen LogP contribution is -2.47. The Kier molecular flexibility index (Phi) is 5.05. The third kappa shape index (κ3) is 3.24. The van der Waals surface area contributed by atoms with Crippen LogP contribution < -0.4 is 4.74 Å². The van der Waals surface area contributed by atoms with Gasteiger partial charge in [0.15, 0.2) is 6.29 Å². The van der Waals surface area contributed by atoms with Gasteiger partial charge < -0.3 is 9.84 Å². The molecular weight excluding hydrogens is 297 g/mol. The number of benzene rings is 1. The Labute approximate surface area is 119 Å². The fraction of sp³-hybridized carbons (Fsp3) is 0.462. The molecule has 1 rings (SSSR count). The van der Waals surface area contributed by atoms with Crippen LogP contribution >= 0.6 is 11.6 Å². The van der Waals surface area contributed by atoms with Crippen molar-refractivity contribution in [3.05, 3.63) is 28.8 Å². The van der Waals surface area contributed by atoms with E-state index in [1.54, 1.807) is 6.07 Å². The predicted octanol–water partition coefficient (Wildman–Crippen LogP) is 3.33. The van der Waals surface area contributed by atoms with Crippen molar-refractivity contribution in [3.8, 4) is 5.75 Å². The van der Waals surface area contributed by atoms with E-state index in [9.17, 15) is 23.1 Å². The van der Waals surface area contributed by atoms with Crippen LogP contribution in [0.5, 0.6) is 5.75 Å². The van der Waals surface area contributed by atoms with Crippen LogP contribution in [0.3, 0.4) is 0 Å². The van der Waals surface area contributed by atoms with Crippen LogP contribution in [0.25, 0.3) is 0 Å². The first-order valence-corrected chi connectivity index (χ1v) is 6.12. The van der Waals surface area contributed by atoms with E-state index >= 15 is 0 Å². The molecule has 1 N–H and O–H groups in total. The number of aldehydes is 1. The van der Waals surface area contributed by atoms with Crippen LogP contribution in [0.4, 0.5) is 13.2 Å². The van der Waals surface area contributed by atoms with Gasteiger partial charge in [-0.2, -0.15) is 13.2 Å². The van der Waals surface area contributed by atoms with Crippen molar-refractivity contribution in [3.63, 3.8) is 0 Å². The van der Waals surface area contributed by atoms with E-state index in [1.807, 2.05) is 0 Å². The summed E-state index contributed by atoms with van der Waals surface area (Å²) >= 11 is 5.89. The average Bonchev–Trinajstić information content (AvgIpc) is 2.36. The van der Waals surface area contributed by atoms with E-state index in [-0.39, 0.29) is 10.8 Å². The first-order valence-electron chi connectivity index (χ1n) is 5.74. The average molecular weight is 311 g/mol. The minimum Gasteiger partial charge on any atom is -0.495 e. The standard InChI is InChI=1S/C13H14ClF3O3/c1-8(6-12(19,7-18)13(15,16)17)9-4-3-5-10(14)11(9)20-2/h3-5,7-8,19H,6H2,1-2H3. The maximum Gasteiger partial charge on any atom is 0.424 e. The van der Waals surface area contributed by atoms with Crippen LogP contribution in [0.1, 0.15) is 24.8 Å². The molecule has 0 aromatic heterocycles. The van der Waals surface area contributed by atoms with Crippen molar-refractivity contribution in [1.29, 1.82) is 0 Å². The van der Waals surface area contributed by atoms with Gasteiger partial charge in [0.05, 0.1) is 12.1 Å². The summed E-state index contributed by atoms with van der Waals surface area (Å²) in [5, 5.41) is 9.70. The second-order valence-corrected chi connectivity index (χ2v) is 4.91. The highest BCUT2D eigenvalue weighted by atomic mass is 35.5. The molecule has 0 heterocycles. The third-order valence-corrected chi connectivity index (χ3v) is 3.33. The largest absolute Gasteiger partial charge is 0.495 e. The lowest BCUT2D eigenvalue weighted by molar-refractivity contribution is -0.247. The van der Waals surface area contributed by atoms with E-state index in [0.29, 0.717) is 5.56 Å². The van der Waals surface area contributed by atoms with Crippen molar-refractivity contribution in [2.45, 2.75) is 31.0 Å². The zero-order valence-corrected chi connectivity index (χ0v) is 11.6. The first-order chi connectivity index (χ1) is 9.16. The number of methoxy groups -OCH3 is 1. The quantitative estimate of drug-likeness (QED) is 0.849. The van der Waals surface area contributed by atoms with E-state index in [2.05, 4.69) is 0 Å². The van der Waals surface area contributed by atoms with Crippen LogP contribution in [-0.2, 0) is 4.79 Å². The molecule has 0 saturated carbocycles. The van der Waals surface area contributed by atoms with Crippen molar-refractivity contribution in [2.75, 3.05) is 7.11 Å². The monoisotopic (exact) mass is 310 g/mol. The smallest absolute Gasteiger partial charge is 0.424 e.